The van der Waals surface area contributed by atoms with Gasteiger partial charge < -0.3 is 0 Å². The van der Waals surface area contributed by atoms with E-state index in [1.165, 1.54) is 10.9 Å². The Bertz CT molecular complexity index is 588. The van der Waals surface area contributed by atoms with Gasteiger partial charge in [0, 0.05) is 11.0 Å². The molecule has 0 spiro atoms. The molecule has 0 aliphatic carbocycles. The lowest BCUT2D eigenvalue weighted by atomic mass is 9.86. The number of hydrogen-bond donors (Lipinski definition) is 0. The predicted molar refractivity (Wildman–Crippen MR) is 77.1 cm³/mol. The second-order valence-electron chi connectivity index (χ2n) is 5.83. The zero-order valence-corrected chi connectivity index (χ0v) is 11.6. The molecule has 2 aromatic carbocycles. The molecule has 2 rings (SSSR count). The highest BCUT2D eigenvalue weighted by Crippen LogP contribution is 2.24. The summed E-state index contributed by atoms with van der Waals surface area (Å²) < 4.78 is 0. The molecule has 0 fully saturated rings. The molecule has 0 saturated heterocycles. The van der Waals surface area contributed by atoms with Crippen LogP contribution >= 0.6 is 0 Å². The van der Waals surface area contributed by atoms with Gasteiger partial charge in [0.05, 0.1) is 0 Å². The van der Waals surface area contributed by atoms with E-state index in [1.54, 1.807) is 0 Å². The van der Waals surface area contributed by atoms with Crippen LogP contribution < -0.4 is 0 Å². The molecule has 94 valence electrons. The first kappa shape index (κ1) is 12.8. The standard InChI is InChI=1S/C17H20O/c1-5-12-6-7-14-11-15(9-8-13(14)10-12)16(18)17(2,3)4/h6-11H,5H2,1-4H3. The summed E-state index contributed by atoms with van der Waals surface area (Å²) in [6.07, 6.45) is 1.04. The van der Waals surface area contributed by atoms with Crippen LogP contribution in [0.15, 0.2) is 36.4 Å². The van der Waals surface area contributed by atoms with Crippen molar-refractivity contribution in [1.29, 1.82) is 0 Å². The molecule has 0 aliphatic rings. The third-order valence-corrected chi connectivity index (χ3v) is 3.26. The van der Waals surface area contributed by atoms with Gasteiger partial charge in [0.25, 0.3) is 0 Å². The minimum Gasteiger partial charge on any atom is -0.294 e. The van der Waals surface area contributed by atoms with Gasteiger partial charge in [0.2, 0.25) is 0 Å². The molecule has 1 heteroatoms. The maximum Gasteiger partial charge on any atom is 0.168 e. The highest BCUT2D eigenvalue weighted by molar-refractivity contribution is 6.02. The van der Waals surface area contributed by atoms with E-state index in [1.807, 2.05) is 39.0 Å². The molecular formula is C17H20O. The van der Waals surface area contributed by atoms with Gasteiger partial charge in [-0.2, -0.15) is 0 Å². The van der Waals surface area contributed by atoms with E-state index in [-0.39, 0.29) is 11.2 Å². The molecule has 0 saturated carbocycles. The van der Waals surface area contributed by atoms with E-state index >= 15 is 0 Å². The van der Waals surface area contributed by atoms with Crippen LogP contribution in [0.2, 0.25) is 0 Å². The number of carbonyl (C=O) groups excluding carboxylic acids is 1. The van der Waals surface area contributed by atoms with Gasteiger partial charge in [-0.15, -0.1) is 0 Å². The van der Waals surface area contributed by atoms with Gasteiger partial charge in [-0.05, 0) is 28.8 Å². The molecule has 0 amide bonds. The second kappa shape index (κ2) is 4.56. The number of benzene rings is 2. The SMILES string of the molecule is CCc1ccc2cc(C(=O)C(C)(C)C)ccc2c1. The molecular weight excluding hydrogens is 220 g/mol. The number of carbonyl (C=O) groups is 1. The number of Topliss-reactive ketones (excluding diaryl/α,β-unsaturated/α-hetero) is 1. The second-order valence-corrected chi connectivity index (χ2v) is 5.83. The average molecular weight is 240 g/mol. The normalized spacial score (nSPS) is 11.8. The van der Waals surface area contributed by atoms with Crippen LogP contribution in [0.4, 0.5) is 0 Å². The van der Waals surface area contributed by atoms with E-state index in [4.69, 9.17) is 0 Å². The zero-order valence-electron chi connectivity index (χ0n) is 11.6. The molecule has 0 bridgehead atoms. The first-order valence-electron chi connectivity index (χ1n) is 6.49. The molecule has 0 aliphatic heterocycles. The van der Waals surface area contributed by atoms with Gasteiger partial charge in [-0.1, -0.05) is 58.0 Å². The highest BCUT2D eigenvalue weighted by Gasteiger charge is 2.22. The molecule has 2 aromatic rings. The number of ketones is 1. The zero-order chi connectivity index (χ0) is 13.3. The number of hydrogen-bond acceptors (Lipinski definition) is 1. The van der Waals surface area contributed by atoms with Crippen LogP contribution in [0.25, 0.3) is 10.8 Å². The van der Waals surface area contributed by atoms with Crippen molar-refractivity contribution in [2.45, 2.75) is 34.1 Å². The van der Waals surface area contributed by atoms with Crippen LogP contribution in [-0.2, 0) is 6.42 Å². The topological polar surface area (TPSA) is 17.1 Å². The van der Waals surface area contributed by atoms with Gasteiger partial charge in [0.1, 0.15) is 0 Å². The fourth-order valence-electron chi connectivity index (χ4n) is 2.09. The number of aryl methyl sites for hydroxylation is 1. The van der Waals surface area contributed by atoms with E-state index < -0.39 is 0 Å². The Morgan fingerprint density at radius 2 is 1.61 bits per heavy atom. The average Bonchev–Trinajstić information content (AvgIpc) is 2.35. The van der Waals surface area contributed by atoms with Crippen molar-refractivity contribution in [2.75, 3.05) is 0 Å². The van der Waals surface area contributed by atoms with Crippen LogP contribution in [-0.4, -0.2) is 5.78 Å². The van der Waals surface area contributed by atoms with E-state index in [9.17, 15) is 4.79 Å². The van der Waals surface area contributed by atoms with Gasteiger partial charge in [-0.3, -0.25) is 4.79 Å². The Hall–Kier alpha value is -1.63. The predicted octanol–water partition coefficient (Wildman–Crippen LogP) is 4.63. The summed E-state index contributed by atoms with van der Waals surface area (Å²) in [4.78, 5) is 12.2. The first-order chi connectivity index (χ1) is 8.41. The molecule has 0 aromatic heterocycles. The Morgan fingerprint density at radius 1 is 1.00 bits per heavy atom. The van der Waals surface area contributed by atoms with Crippen molar-refractivity contribution in [3.8, 4) is 0 Å². The Kier molecular flexibility index (Phi) is 3.25. The van der Waals surface area contributed by atoms with Gasteiger partial charge in [0.15, 0.2) is 5.78 Å². The van der Waals surface area contributed by atoms with Crippen molar-refractivity contribution < 1.29 is 4.79 Å². The van der Waals surface area contributed by atoms with E-state index in [0.29, 0.717) is 0 Å². The first-order valence-corrected chi connectivity index (χ1v) is 6.49. The monoisotopic (exact) mass is 240 g/mol. The van der Waals surface area contributed by atoms with Crippen LogP contribution in [0.5, 0.6) is 0 Å². The molecule has 18 heavy (non-hydrogen) atoms. The quantitative estimate of drug-likeness (QED) is 0.699. The van der Waals surface area contributed by atoms with Crippen molar-refractivity contribution >= 4 is 16.6 Å². The lowest BCUT2D eigenvalue weighted by Crippen LogP contribution is -2.19. The fourth-order valence-corrected chi connectivity index (χ4v) is 2.09. The minimum absolute atomic E-state index is 0.198. The van der Waals surface area contributed by atoms with Gasteiger partial charge >= 0.3 is 0 Å². The van der Waals surface area contributed by atoms with E-state index in [2.05, 4.69) is 25.1 Å². The molecule has 1 nitrogen and oxygen atoms in total. The summed E-state index contributed by atoms with van der Waals surface area (Å²) in [6.45, 7) is 8.03. The van der Waals surface area contributed by atoms with Crippen molar-refractivity contribution in [2.24, 2.45) is 5.41 Å². The Labute approximate surface area is 109 Å². The third-order valence-electron chi connectivity index (χ3n) is 3.26. The largest absolute Gasteiger partial charge is 0.294 e. The summed E-state index contributed by atoms with van der Waals surface area (Å²) in [5.74, 6) is 0.198. The lowest BCUT2D eigenvalue weighted by molar-refractivity contribution is 0.0858. The minimum atomic E-state index is -0.322. The van der Waals surface area contributed by atoms with Crippen LogP contribution in [0.1, 0.15) is 43.6 Å². The highest BCUT2D eigenvalue weighted by atomic mass is 16.1. The summed E-state index contributed by atoms with van der Waals surface area (Å²) in [6, 6.07) is 12.4. The van der Waals surface area contributed by atoms with E-state index in [0.717, 1.165) is 17.4 Å². The molecule has 0 N–H and O–H groups in total. The van der Waals surface area contributed by atoms with Gasteiger partial charge in [-0.25, -0.2) is 0 Å². The lowest BCUT2D eigenvalue weighted by Gasteiger charge is -2.16. The summed E-state index contributed by atoms with van der Waals surface area (Å²) in [5, 5.41) is 2.35. The Morgan fingerprint density at radius 3 is 2.22 bits per heavy atom. The smallest absolute Gasteiger partial charge is 0.168 e. The maximum absolute atomic E-state index is 12.2. The maximum atomic E-state index is 12.2. The third kappa shape index (κ3) is 2.45. The molecule has 0 unspecified atom stereocenters. The number of rotatable bonds is 2. The molecule has 0 heterocycles. The molecule has 0 atom stereocenters. The summed E-state index contributed by atoms with van der Waals surface area (Å²) >= 11 is 0. The van der Waals surface area contributed by atoms with Crippen molar-refractivity contribution in [3.05, 3.63) is 47.5 Å². The van der Waals surface area contributed by atoms with Crippen molar-refractivity contribution in [3.63, 3.8) is 0 Å². The van der Waals surface area contributed by atoms with Crippen LogP contribution in [0.3, 0.4) is 0 Å². The fraction of sp³-hybridized carbons (Fsp3) is 0.353. The summed E-state index contributed by atoms with van der Waals surface area (Å²) in [5.41, 5.74) is 1.81. The summed E-state index contributed by atoms with van der Waals surface area (Å²) in [7, 11) is 0. The van der Waals surface area contributed by atoms with Crippen LogP contribution in [0, 0.1) is 5.41 Å². The Balaban J connectivity index is 2.49. The van der Waals surface area contributed by atoms with Crippen molar-refractivity contribution in [1.82, 2.24) is 0 Å². The molecule has 0 radical (unpaired) electrons. The number of fused-ring (bicyclic) bond motifs is 1.